The molecule has 3 N–H and O–H groups in total. The van der Waals surface area contributed by atoms with E-state index in [9.17, 15) is 4.79 Å². The molecule has 1 aromatic rings. The lowest BCUT2D eigenvalue weighted by atomic mass is 9.99. The van der Waals surface area contributed by atoms with Gasteiger partial charge in [0.25, 0.3) is 0 Å². The van der Waals surface area contributed by atoms with Gasteiger partial charge in [0.05, 0.1) is 12.6 Å². The number of benzene rings is 1. The van der Waals surface area contributed by atoms with E-state index in [-0.39, 0.29) is 11.8 Å². The highest BCUT2D eigenvalue weighted by Crippen LogP contribution is 2.13. The molecule has 0 fully saturated rings. The van der Waals surface area contributed by atoms with Gasteiger partial charge in [0.15, 0.2) is 0 Å². The van der Waals surface area contributed by atoms with Crippen molar-refractivity contribution < 1.29 is 9.53 Å². The molecule has 0 saturated heterocycles. The van der Waals surface area contributed by atoms with Gasteiger partial charge in [0, 0.05) is 12.8 Å². The number of carbonyl (C=O) groups is 1. The van der Waals surface area contributed by atoms with Crippen molar-refractivity contribution in [2.24, 2.45) is 11.7 Å². The predicted molar refractivity (Wildman–Crippen MR) is 73.2 cm³/mol. The standard InChI is InChI=1S/C14H22N2O2/c1-4-10(2)13(15)14(17)16-12-7-5-6-11(8-12)9-18-3/h5-8,10,13H,4,9,15H2,1-3H3,(H,16,17)/t10-,13-/m0/s1. The van der Waals surface area contributed by atoms with Gasteiger partial charge in [-0.3, -0.25) is 4.79 Å². The minimum Gasteiger partial charge on any atom is -0.380 e. The highest BCUT2D eigenvalue weighted by Gasteiger charge is 2.19. The van der Waals surface area contributed by atoms with Gasteiger partial charge in [-0.05, 0) is 23.6 Å². The third-order valence-corrected chi connectivity index (χ3v) is 3.07. The van der Waals surface area contributed by atoms with Crippen LogP contribution >= 0.6 is 0 Å². The third-order valence-electron chi connectivity index (χ3n) is 3.07. The van der Waals surface area contributed by atoms with E-state index in [0.29, 0.717) is 6.61 Å². The molecule has 1 amide bonds. The first-order valence-corrected chi connectivity index (χ1v) is 6.22. The minimum atomic E-state index is -0.471. The summed E-state index contributed by atoms with van der Waals surface area (Å²) in [7, 11) is 1.64. The van der Waals surface area contributed by atoms with Gasteiger partial charge in [-0.2, -0.15) is 0 Å². The zero-order valence-corrected chi connectivity index (χ0v) is 11.3. The highest BCUT2D eigenvalue weighted by atomic mass is 16.5. The quantitative estimate of drug-likeness (QED) is 0.813. The Bertz CT molecular complexity index is 393. The molecule has 2 atom stereocenters. The predicted octanol–water partition coefficient (Wildman–Crippen LogP) is 2.14. The second-order valence-corrected chi connectivity index (χ2v) is 4.53. The molecular weight excluding hydrogens is 228 g/mol. The van der Waals surface area contributed by atoms with Crippen molar-refractivity contribution >= 4 is 11.6 Å². The Kier molecular flexibility index (Phi) is 5.82. The summed E-state index contributed by atoms with van der Waals surface area (Å²) in [5.74, 6) is 0.0334. The molecule has 4 heteroatoms. The van der Waals surface area contributed by atoms with E-state index in [2.05, 4.69) is 5.32 Å². The molecule has 0 heterocycles. The summed E-state index contributed by atoms with van der Waals surface area (Å²) in [5, 5.41) is 2.84. The van der Waals surface area contributed by atoms with Crippen molar-refractivity contribution in [3.8, 4) is 0 Å². The van der Waals surface area contributed by atoms with Crippen molar-refractivity contribution in [2.45, 2.75) is 32.9 Å². The number of nitrogens with one attached hydrogen (secondary N) is 1. The highest BCUT2D eigenvalue weighted by molar-refractivity contribution is 5.94. The zero-order valence-electron chi connectivity index (χ0n) is 11.3. The van der Waals surface area contributed by atoms with Crippen molar-refractivity contribution in [1.82, 2.24) is 0 Å². The third kappa shape index (κ3) is 4.13. The van der Waals surface area contributed by atoms with E-state index in [4.69, 9.17) is 10.5 Å². The number of rotatable bonds is 6. The van der Waals surface area contributed by atoms with Crippen LogP contribution in [0, 0.1) is 5.92 Å². The van der Waals surface area contributed by atoms with Crippen LogP contribution in [-0.2, 0) is 16.1 Å². The maximum atomic E-state index is 11.9. The molecule has 0 radical (unpaired) electrons. The fraction of sp³-hybridized carbons (Fsp3) is 0.500. The number of amides is 1. The number of methoxy groups -OCH3 is 1. The Morgan fingerprint density at radius 1 is 1.50 bits per heavy atom. The smallest absolute Gasteiger partial charge is 0.241 e. The Hall–Kier alpha value is -1.39. The van der Waals surface area contributed by atoms with Gasteiger partial charge < -0.3 is 15.8 Å². The first-order chi connectivity index (χ1) is 8.58. The Labute approximate surface area is 109 Å². The molecule has 4 nitrogen and oxygen atoms in total. The molecule has 0 bridgehead atoms. The van der Waals surface area contributed by atoms with Gasteiger partial charge in [0.2, 0.25) is 5.91 Å². The number of hydrogen-bond acceptors (Lipinski definition) is 3. The van der Waals surface area contributed by atoms with Crippen LogP contribution in [0.15, 0.2) is 24.3 Å². The summed E-state index contributed by atoms with van der Waals surface area (Å²) >= 11 is 0. The molecule has 0 aliphatic carbocycles. The summed E-state index contributed by atoms with van der Waals surface area (Å²) < 4.78 is 5.05. The summed E-state index contributed by atoms with van der Waals surface area (Å²) in [6, 6.07) is 7.11. The van der Waals surface area contributed by atoms with E-state index >= 15 is 0 Å². The number of nitrogens with two attached hydrogens (primary N) is 1. The Morgan fingerprint density at radius 2 is 2.22 bits per heavy atom. The van der Waals surface area contributed by atoms with Gasteiger partial charge in [-0.25, -0.2) is 0 Å². The summed E-state index contributed by atoms with van der Waals surface area (Å²) in [5.41, 5.74) is 7.66. The van der Waals surface area contributed by atoms with Gasteiger partial charge in [-0.15, -0.1) is 0 Å². The summed E-state index contributed by atoms with van der Waals surface area (Å²) in [6.07, 6.45) is 0.887. The Balaban J connectivity index is 2.66. The first kappa shape index (κ1) is 14.7. The lowest BCUT2D eigenvalue weighted by molar-refractivity contribution is -0.118. The molecule has 0 aromatic heterocycles. The monoisotopic (exact) mass is 250 g/mol. The Morgan fingerprint density at radius 3 is 2.83 bits per heavy atom. The zero-order chi connectivity index (χ0) is 13.5. The number of hydrogen-bond donors (Lipinski definition) is 2. The molecule has 0 saturated carbocycles. The topological polar surface area (TPSA) is 64.4 Å². The number of carbonyl (C=O) groups excluding carboxylic acids is 1. The first-order valence-electron chi connectivity index (χ1n) is 6.22. The summed E-state index contributed by atoms with van der Waals surface area (Å²) in [6.45, 7) is 4.53. The van der Waals surface area contributed by atoms with Crippen LogP contribution in [0.2, 0.25) is 0 Å². The van der Waals surface area contributed by atoms with E-state index < -0.39 is 6.04 Å². The maximum Gasteiger partial charge on any atom is 0.241 e. The fourth-order valence-electron chi connectivity index (χ4n) is 1.64. The lowest BCUT2D eigenvalue weighted by Crippen LogP contribution is -2.40. The average Bonchev–Trinajstić information content (AvgIpc) is 2.37. The van der Waals surface area contributed by atoms with Crippen LogP contribution in [0.25, 0.3) is 0 Å². The van der Waals surface area contributed by atoms with Crippen LogP contribution < -0.4 is 11.1 Å². The van der Waals surface area contributed by atoms with Crippen molar-refractivity contribution in [3.63, 3.8) is 0 Å². The average molecular weight is 250 g/mol. The molecule has 0 aliphatic heterocycles. The largest absolute Gasteiger partial charge is 0.380 e. The van der Waals surface area contributed by atoms with Gasteiger partial charge in [-0.1, -0.05) is 32.4 Å². The maximum absolute atomic E-state index is 11.9. The molecule has 0 unspecified atom stereocenters. The van der Waals surface area contributed by atoms with Gasteiger partial charge in [0.1, 0.15) is 0 Å². The van der Waals surface area contributed by atoms with Crippen LogP contribution in [0.3, 0.4) is 0 Å². The minimum absolute atomic E-state index is 0.140. The molecule has 1 aromatic carbocycles. The van der Waals surface area contributed by atoms with E-state index in [1.54, 1.807) is 7.11 Å². The van der Waals surface area contributed by atoms with Crippen LogP contribution in [0.1, 0.15) is 25.8 Å². The van der Waals surface area contributed by atoms with Gasteiger partial charge >= 0.3 is 0 Å². The van der Waals surface area contributed by atoms with E-state index in [1.165, 1.54) is 0 Å². The second kappa shape index (κ2) is 7.13. The molecule has 100 valence electrons. The lowest BCUT2D eigenvalue weighted by Gasteiger charge is -2.18. The van der Waals surface area contributed by atoms with Crippen LogP contribution in [-0.4, -0.2) is 19.1 Å². The van der Waals surface area contributed by atoms with Crippen LogP contribution in [0.4, 0.5) is 5.69 Å². The van der Waals surface area contributed by atoms with Crippen molar-refractivity contribution in [1.29, 1.82) is 0 Å². The molecule has 1 rings (SSSR count). The summed E-state index contributed by atoms with van der Waals surface area (Å²) in [4.78, 5) is 11.9. The molecule has 0 aliphatic rings. The van der Waals surface area contributed by atoms with Crippen molar-refractivity contribution in [3.05, 3.63) is 29.8 Å². The molecule has 0 spiro atoms. The van der Waals surface area contributed by atoms with E-state index in [1.807, 2.05) is 38.1 Å². The van der Waals surface area contributed by atoms with E-state index in [0.717, 1.165) is 17.7 Å². The normalized spacial score (nSPS) is 14.0. The SMILES string of the molecule is CC[C@H](C)[C@H](N)C(=O)Nc1cccc(COC)c1. The fourth-order valence-corrected chi connectivity index (χ4v) is 1.64. The van der Waals surface area contributed by atoms with Crippen LogP contribution in [0.5, 0.6) is 0 Å². The van der Waals surface area contributed by atoms with Crippen molar-refractivity contribution in [2.75, 3.05) is 12.4 Å². The molecule has 18 heavy (non-hydrogen) atoms. The number of ether oxygens (including phenoxy) is 1. The second-order valence-electron chi connectivity index (χ2n) is 4.53. The number of anilines is 1. The molecular formula is C14H22N2O2.